The van der Waals surface area contributed by atoms with Gasteiger partial charge in [0, 0.05) is 6.07 Å². The largest absolute Gasteiger partial charge is 0.508 e. The minimum atomic E-state index is 0.310. The van der Waals surface area contributed by atoms with E-state index >= 15 is 0 Å². The van der Waals surface area contributed by atoms with Crippen molar-refractivity contribution < 1.29 is 9.84 Å². The molecule has 1 aliphatic rings. The molecule has 1 fully saturated rings. The minimum absolute atomic E-state index is 0.310. The molecule has 0 heterocycles. The van der Waals surface area contributed by atoms with Crippen LogP contribution in [-0.2, 0) is 6.42 Å². The van der Waals surface area contributed by atoms with Crippen LogP contribution in [0.25, 0.3) is 0 Å². The van der Waals surface area contributed by atoms with Crippen molar-refractivity contribution in [1.29, 1.82) is 0 Å². The lowest BCUT2D eigenvalue weighted by Crippen LogP contribution is -2.09. The van der Waals surface area contributed by atoms with Crippen molar-refractivity contribution in [2.45, 2.75) is 38.5 Å². The van der Waals surface area contributed by atoms with E-state index in [-0.39, 0.29) is 0 Å². The molecule has 1 saturated carbocycles. The number of ether oxygens (including phenoxy) is 1. The molecule has 0 amide bonds. The number of hydrogen-bond donors (Lipinski definition) is 1. The lowest BCUT2D eigenvalue weighted by molar-refractivity contribution is 0.355. The van der Waals surface area contributed by atoms with Gasteiger partial charge in [-0.1, -0.05) is 32.1 Å². The normalized spacial score (nSPS) is 17.3. The maximum atomic E-state index is 9.57. The average molecular weight is 220 g/mol. The van der Waals surface area contributed by atoms with Crippen LogP contribution in [0.1, 0.15) is 37.7 Å². The van der Waals surface area contributed by atoms with Crippen LogP contribution in [0.5, 0.6) is 11.5 Å². The van der Waals surface area contributed by atoms with E-state index < -0.39 is 0 Å². The number of rotatable bonds is 3. The quantitative estimate of drug-likeness (QED) is 0.844. The third-order valence-corrected chi connectivity index (χ3v) is 3.44. The standard InChI is InChI=1S/C14H20O2/c1-16-14-9-12(8-13(15)10-14)7-11-5-3-2-4-6-11/h8-11,15H,2-7H2,1H3. The first kappa shape index (κ1) is 11.3. The molecule has 2 rings (SSSR count). The van der Waals surface area contributed by atoms with Crippen molar-refractivity contribution in [3.05, 3.63) is 23.8 Å². The SMILES string of the molecule is COc1cc(O)cc(CC2CCCCC2)c1. The summed E-state index contributed by atoms with van der Waals surface area (Å²) in [7, 11) is 1.64. The van der Waals surface area contributed by atoms with Gasteiger partial charge in [0.25, 0.3) is 0 Å². The van der Waals surface area contributed by atoms with Gasteiger partial charge in [-0.3, -0.25) is 0 Å². The highest BCUT2D eigenvalue weighted by molar-refractivity contribution is 5.37. The van der Waals surface area contributed by atoms with Crippen LogP contribution in [0.3, 0.4) is 0 Å². The lowest BCUT2D eigenvalue weighted by Gasteiger charge is -2.21. The summed E-state index contributed by atoms with van der Waals surface area (Å²) in [5.41, 5.74) is 1.20. The van der Waals surface area contributed by atoms with Crippen molar-refractivity contribution in [3.63, 3.8) is 0 Å². The molecule has 0 atom stereocenters. The van der Waals surface area contributed by atoms with E-state index in [0.717, 1.165) is 18.1 Å². The molecule has 1 N–H and O–H groups in total. The van der Waals surface area contributed by atoms with Gasteiger partial charge in [-0.15, -0.1) is 0 Å². The molecule has 0 spiro atoms. The molecule has 0 saturated heterocycles. The van der Waals surface area contributed by atoms with Gasteiger partial charge in [0.2, 0.25) is 0 Å². The van der Waals surface area contributed by atoms with E-state index in [1.54, 1.807) is 13.2 Å². The Balaban J connectivity index is 2.04. The molecule has 1 aromatic rings. The van der Waals surface area contributed by atoms with Crippen LogP contribution in [0.4, 0.5) is 0 Å². The van der Waals surface area contributed by atoms with Crippen molar-refractivity contribution in [2.24, 2.45) is 5.92 Å². The predicted octanol–water partition coefficient (Wildman–Crippen LogP) is 3.52. The van der Waals surface area contributed by atoms with Crippen LogP contribution in [0.15, 0.2) is 18.2 Å². The Labute approximate surface area is 97.3 Å². The second-order valence-corrected chi connectivity index (χ2v) is 4.75. The summed E-state index contributed by atoms with van der Waals surface area (Å²) in [6.07, 6.45) is 7.85. The Morgan fingerprint density at radius 3 is 2.62 bits per heavy atom. The molecule has 88 valence electrons. The maximum absolute atomic E-state index is 9.57. The van der Waals surface area contributed by atoms with Crippen molar-refractivity contribution in [2.75, 3.05) is 7.11 Å². The number of phenols is 1. The first-order chi connectivity index (χ1) is 7.78. The zero-order valence-corrected chi connectivity index (χ0v) is 9.91. The second-order valence-electron chi connectivity index (χ2n) is 4.75. The van der Waals surface area contributed by atoms with Gasteiger partial charge in [0.05, 0.1) is 7.11 Å². The molecule has 0 unspecified atom stereocenters. The van der Waals surface area contributed by atoms with Crippen LogP contribution in [0.2, 0.25) is 0 Å². The maximum Gasteiger partial charge on any atom is 0.122 e. The van der Waals surface area contributed by atoms with Gasteiger partial charge < -0.3 is 9.84 Å². The number of phenolic OH excluding ortho intramolecular Hbond substituents is 1. The number of benzene rings is 1. The van der Waals surface area contributed by atoms with E-state index in [2.05, 4.69) is 0 Å². The number of methoxy groups -OCH3 is 1. The Morgan fingerprint density at radius 2 is 1.94 bits per heavy atom. The van der Waals surface area contributed by atoms with Gasteiger partial charge >= 0.3 is 0 Å². The molecular formula is C14H20O2. The van der Waals surface area contributed by atoms with Gasteiger partial charge in [0.15, 0.2) is 0 Å². The summed E-state index contributed by atoms with van der Waals surface area (Å²) in [5, 5.41) is 9.57. The molecule has 1 aliphatic carbocycles. The number of hydrogen-bond acceptors (Lipinski definition) is 2. The first-order valence-corrected chi connectivity index (χ1v) is 6.15. The van der Waals surface area contributed by atoms with E-state index in [1.165, 1.54) is 37.7 Å². The molecule has 0 aromatic heterocycles. The topological polar surface area (TPSA) is 29.5 Å². The molecule has 0 radical (unpaired) electrons. The molecule has 0 aliphatic heterocycles. The fourth-order valence-electron chi connectivity index (χ4n) is 2.60. The fourth-order valence-corrected chi connectivity index (χ4v) is 2.60. The third-order valence-electron chi connectivity index (χ3n) is 3.44. The molecular weight excluding hydrogens is 200 g/mol. The van der Waals surface area contributed by atoms with Crippen molar-refractivity contribution >= 4 is 0 Å². The summed E-state index contributed by atoms with van der Waals surface area (Å²) >= 11 is 0. The van der Waals surface area contributed by atoms with E-state index in [1.807, 2.05) is 12.1 Å². The Morgan fingerprint density at radius 1 is 1.19 bits per heavy atom. The Hall–Kier alpha value is -1.18. The fraction of sp³-hybridized carbons (Fsp3) is 0.571. The molecule has 2 heteroatoms. The van der Waals surface area contributed by atoms with E-state index in [4.69, 9.17) is 4.74 Å². The number of aromatic hydroxyl groups is 1. The second kappa shape index (κ2) is 5.24. The highest BCUT2D eigenvalue weighted by atomic mass is 16.5. The van der Waals surface area contributed by atoms with Gasteiger partial charge in [-0.2, -0.15) is 0 Å². The van der Waals surface area contributed by atoms with Gasteiger partial charge in [-0.05, 0) is 30.0 Å². The highest BCUT2D eigenvalue weighted by Crippen LogP contribution is 2.29. The summed E-state index contributed by atoms with van der Waals surface area (Å²) in [4.78, 5) is 0. The molecule has 16 heavy (non-hydrogen) atoms. The molecule has 2 nitrogen and oxygen atoms in total. The lowest BCUT2D eigenvalue weighted by atomic mass is 9.85. The van der Waals surface area contributed by atoms with Gasteiger partial charge in [0.1, 0.15) is 11.5 Å². The molecule has 0 bridgehead atoms. The van der Waals surface area contributed by atoms with Gasteiger partial charge in [-0.25, -0.2) is 0 Å². The van der Waals surface area contributed by atoms with Crippen LogP contribution in [0, 0.1) is 5.92 Å². The van der Waals surface area contributed by atoms with Crippen molar-refractivity contribution in [3.8, 4) is 11.5 Å². The van der Waals surface area contributed by atoms with E-state index in [0.29, 0.717) is 5.75 Å². The third kappa shape index (κ3) is 2.91. The first-order valence-electron chi connectivity index (χ1n) is 6.15. The Bertz CT molecular complexity index is 341. The van der Waals surface area contributed by atoms with Crippen LogP contribution >= 0.6 is 0 Å². The molecule has 1 aromatic carbocycles. The summed E-state index contributed by atoms with van der Waals surface area (Å²) < 4.78 is 5.16. The zero-order valence-electron chi connectivity index (χ0n) is 9.91. The smallest absolute Gasteiger partial charge is 0.122 e. The monoisotopic (exact) mass is 220 g/mol. The highest BCUT2D eigenvalue weighted by Gasteiger charge is 2.14. The van der Waals surface area contributed by atoms with Crippen LogP contribution in [-0.4, -0.2) is 12.2 Å². The summed E-state index contributed by atoms with van der Waals surface area (Å²) in [6.45, 7) is 0. The summed E-state index contributed by atoms with van der Waals surface area (Å²) in [6, 6.07) is 5.55. The predicted molar refractivity (Wildman–Crippen MR) is 64.9 cm³/mol. The Kier molecular flexibility index (Phi) is 3.70. The van der Waals surface area contributed by atoms with E-state index in [9.17, 15) is 5.11 Å². The average Bonchev–Trinajstić information content (AvgIpc) is 2.29. The summed E-state index contributed by atoms with van der Waals surface area (Å²) in [5.74, 6) is 1.86. The minimum Gasteiger partial charge on any atom is -0.508 e. The van der Waals surface area contributed by atoms with Crippen molar-refractivity contribution in [1.82, 2.24) is 0 Å². The zero-order chi connectivity index (χ0) is 11.4. The van der Waals surface area contributed by atoms with Crippen LogP contribution < -0.4 is 4.74 Å².